The van der Waals surface area contributed by atoms with Crippen molar-refractivity contribution in [1.29, 1.82) is 0 Å². The van der Waals surface area contributed by atoms with Crippen molar-refractivity contribution in [2.75, 3.05) is 22.0 Å². The van der Waals surface area contributed by atoms with Gasteiger partial charge in [0, 0.05) is 28.1 Å². The van der Waals surface area contributed by atoms with Crippen molar-refractivity contribution in [2.24, 2.45) is 0 Å². The van der Waals surface area contributed by atoms with Crippen LogP contribution in [0.15, 0.2) is 88.6 Å². The number of hydrogen-bond donors (Lipinski definition) is 3. The van der Waals surface area contributed by atoms with Crippen molar-refractivity contribution >= 4 is 54.8 Å². The first-order valence-corrected chi connectivity index (χ1v) is 12.5. The summed E-state index contributed by atoms with van der Waals surface area (Å²) in [5, 5.41) is 6.28. The highest BCUT2D eigenvalue weighted by atomic mass is 79.9. The molecule has 0 aliphatic heterocycles. The smallest absolute Gasteiger partial charge is 0.265 e. The molecule has 174 valence electrons. The van der Waals surface area contributed by atoms with Gasteiger partial charge in [0.1, 0.15) is 34.4 Å². The van der Waals surface area contributed by atoms with Gasteiger partial charge in [-0.2, -0.15) is 0 Å². The molecule has 4 rings (SSSR count). The summed E-state index contributed by atoms with van der Waals surface area (Å²) in [6.45, 7) is 2.15. The van der Waals surface area contributed by atoms with Crippen molar-refractivity contribution in [3.63, 3.8) is 0 Å². The highest BCUT2D eigenvalue weighted by Crippen LogP contribution is 2.29. The summed E-state index contributed by atoms with van der Waals surface area (Å²) in [7, 11) is -3.86. The average molecular weight is 541 g/mol. The van der Waals surface area contributed by atoms with E-state index in [1.165, 1.54) is 12.4 Å². The fraction of sp³-hybridized carbons (Fsp3) is 0.0870. The van der Waals surface area contributed by atoms with E-state index in [1.54, 1.807) is 55.6 Å². The maximum Gasteiger partial charge on any atom is 0.265 e. The van der Waals surface area contributed by atoms with Gasteiger partial charge >= 0.3 is 0 Å². The maximum atomic E-state index is 13.0. The molecule has 0 saturated carbocycles. The first-order chi connectivity index (χ1) is 16.4. The quantitative estimate of drug-likeness (QED) is 0.261. The monoisotopic (exact) mass is 540 g/mol. The first kappa shape index (κ1) is 23.5. The second-order valence-corrected chi connectivity index (χ2v) is 9.53. The van der Waals surface area contributed by atoms with Crippen LogP contribution in [0.2, 0.25) is 0 Å². The van der Waals surface area contributed by atoms with Crippen molar-refractivity contribution in [1.82, 2.24) is 15.0 Å². The minimum Gasteiger partial charge on any atom is -0.492 e. The summed E-state index contributed by atoms with van der Waals surface area (Å²) in [6.07, 6.45) is 3.12. The Kier molecular flexibility index (Phi) is 7.24. The van der Waals surface area contributed by atoms with Crippen molar-refractivity contribution in [2.45, 2.75) is 11.8 Å². The second-order valence-electron chi connectivity index (χ2n) is 6.96. The lowest BCUT2D eigenvalue weighted by Crippen LogP contribution is -2.14. The molecule has 0 saturated heterocycles. The largest absolute Gasteiger partial charge is 0.492 e. The maximum absolute atomic E-state index is 13.0. The fourth-order valence-electron chi connectivity index (χ4n) is 3.01. The number of pyridine rings is 1. The van der Waals surface area contributed by atoms with Gasteiger partial charge in [0.25, 0.3) is 10.0 Å². The third kappa shape index (κ3) is 6.00. The molecular formula is C23H21BrN6O3S. The van der Waals surface area contributed by atoms with E-state index in [0.717, 1.165) is 5.69 Å². The number of aromatic nitrogens is 3. The molecule has 0 fully saturated rings. The van der Waals surface area contributed by atoms with Gasteiger partial charge in [0.15, 0.2) is 0 Å². The van der Waals surface area contributed by atoms with E-state index in [9.17, 15) is 8.42 Å². The Morgan fingerprint density at radius 2 is 1.59 bits per heavy atom. The van der Waals surface area contributed by atoms with Crippen molar-refractivity contribution < 1.29 is 13.2 Å². The number of hydrogen-bond acceptors (Lipinski definition) is 8. The number of nitrogens with one attached hydrogen (secondary N) is 3. The molecular weight excluding hydrogens is 520 g/mol. The zero-order valence-electron chi connectivity index (χ0n) is 18.1. The Morgan fingerprint density at radius 3 is 2.29 bits per heavy atom. The molecule has 2 aromatic carbocycles. The van der Waals surface area contributed by atoms with Gasteiger partial charge in [-0.05, 0) is 61.5 Å². The Balaban J connectivity index is 1.46. The van der Waals surface area contributed by atoms with Crippen LogP contribution in [-0.2, 0) is 10.0 Å². The summed E-state index contributed by atoms with van der Waals surface area (Å²) < 4.78 is 34.6. The Bertz CT molecular complexity index is 1370. The molecule has 0 aliphatic rings. The Labute approximate surface area is 205 Å². The minimum absolute atomic E-state index is 0.0554. The van der Waals surface area contributed by atoms with Crippen LogP contribution < -0.4 is 20.1 Å². The minimum atomic E-state index is -3.86. The zero-order chi connectivity index (χ0) is 24.0. The van der Waals surface area contributed by atoms with E-state index < -0.39 is 10.0 Å². The highest BCUT2D eigenvalue weighted by Gasteiger charge is 2.20. The van der Waals surface area contributed by atoms with Crippen molar-refractivity contribution in [3.05, 3.63) is 83.7 Å². The lowest BCUT2D eigenvalue weighted by Gasteiger charge is -2.13. The molecule has 0 radical (unpaired) electrons. The van der Waals surface area contributed by atoms with Crippen LogP contribution >= 0.6 is 15.9 Å². The van der Waals surface area contributed by atoms with Crippen molar-refractivity contribution in [3.8, 4) is 5.75 Å². The molecule has 34 heavy (non-hydrogen) atoms. The number of nitrogens with zero attached hydrogens (tertiary/aromatic N) is 3. The van der Waals surface area contributed by atoms with Gasteiger partial charge in [0.05, 0.1) is 6.61 Å². The number of rotatable bonds is 9. The highest BCUT2D eigenvalue weighted by molar-refractivity contribution is 9.10. The molecule has 0 bridgehead atoms. The van der Waals surface area contributed by atoms with Crippen LogP contribution in [0.25, 0.3) is 0 Å². The van der Waals surface area contributed by atoms with E-state index >= 15 is 0 Å². The van der Waals surface area contributed by atoms with E-state index in [1.807, 2.05) is 18.2 Å². The number of ether oxygens (including phenoxy) is 1. The van der Waals surface area contributed by atoms with E-state index in [-0.39, 0.29) is 10.6 Å². The standard InChI is InChI=1S/C23H21BrN6O3S/c1-2-33-19-11-6-16(24)13-20(19)34(31,32)30-18-9-7-17(8-10-18)28-22-14-23(27-15-26-22)29-21-5-3-4-12-25-21/h3-15,30H,2H2,1H3,(H2,25,26,27,28,29). The van der Waals surface area contributed by atoms with E-state index in [0.29, 0.717) is 34.2 Å². The molecule has 0 unspecified atom stereocenters. The predicted octanol–water partition coefficient (Wildman–Crippen LogP) is 5.32. The number of halogens is 1. The number of benzene rings is 2. The summed E-state index contributed by atoms with van der Waals surface area (Å²) >= 11 is 3.32. The summed E-state index contributed by atoms with van der Waals surface area (Å²) in [4.78, 5) is 12.7. The van der Waals surface area contributed by atoms with Gasteiger partial charge in [0.2, 0.25) is 0 Å². The van der Waals surface area contributed by atoms with Gasteiger partial charge < -0.3 is 15.4 Å². The van der Waals surface area contributed by atoms with Gasteiger partial charge in [-0.1, -0.05) is 22.0 Å². The second kappa shape index (κ2) is 10.5. The van der Waals surface area contributed by atoms with Crippen LogP contribution in [0, 0.1) is 0 Å². The fourth-order valence-corrected chi connectivity index (χ4v) is 4.75. The molecule has 0 spiro atoms. The SMILES string of the molecule is CCOc1ccc(Br)cc1S(=O)(=O)Nc1ccc(Nc2cc(Nc3ccccn3)ncn2)cc1. The van der Waals surface area contributed by atoms with Crippen LogP contribution in [0.5, 0.6) is 5.75 Å². The third-order valence-electron chi connectivity index (χ3n) is 4.49. The molecule has 9 nitrogen and oxygen atoms in total. The molecule has 0 aliphatic carbocycles. The molecule has 0 amide bonds. The van der Waals surface area contributed by atoms with Crippen LogP contribution in [-0.4, -0.2) is 30.0 Å². The normalized spacial score (nSPS) is 11.0. The van der Waals surface area contributed by atoms with Gasteiger partial charge in [-0.3, -0.25) is 4.72 Å². The molecule has 11 heteroatoms. The van der Waals surface area contributed by atoms with Crippen LogP contribution in [0.1, 0.15) is 6.92 Å². The number of sulfonamides is 1. The molecule has 0 atom stereocenters. The lowest BCUT2D eigenvalue weighted by molar-refractivity contribution is 0.331. The van der Waals surface area contributed by atoms with Gasteiger partial charge in [-0.25, -0.2) is 23.4 Å². The topological polar surface area (TPSA) is 118 Å². The average Bonchev–Trinajstić information content (AvgIpc) is 2.82. The zero-order valence-corrected chi connectivity index (χ0v) is 20.5. The molecule has 2 aromatic heterocycles. The Hall–Kier alpha value is -3.70. The molecule has 4 aromatic rings. The Morgan fingerprint density at radius 1 is 0.853 bits per heavy atom. The summed E-state index contributed by atoms with van der Waals surface area (Å²) in [6, 6.07) is 19.0. The number of anilines is 5. The van der Waals surface area contributed by atoms with E-state index in [2.05, 4.69) is 46.2 Å². The third-order valence-corrected chi connectivity index (χ3v) is 6.39. The summed E-state index contributed by atoms with van der Waals surface area (Å²) in [5.74, 6) is 2.11. The lowest BCUT2D eigenvalue weighted by atomic mass is 10.3. The molecule has 3 N–H and O–H groups in total. The van der Waals surface area contributed by atoms with Crippen LogP contribution in [0.4, 0.5) is 28.8 Å². The summed E-state index contributed by atoms with van der Waals surface area (Å²) in [5.41, 5.74) is 1.14. The first-order valence-electron chi connectivity index (χ1n) is 10.3. The van der Waals surface area contributed by atoms with Crippen LogP contribution in [0.3, 0.4) is 0 Å². The van der Waals surface area contributed by atoms with Gasteiger partial charge in [-0.15, -0.1) is 0 Å². The molecule has 2 heterocycles. The van der Waals surface area contributed by atoms with E-state index in [4.69, 9.17) is 4.74 Å². The predicted molar refractivity (Wildman–Crippen MR) is 135 cm³/mol.